The Morgan fingerprint density at radius 3 is 2.61 bits per heavy atom. The summed E-state index contributed by atoms with van der Waals surface area (Å²) in [6, 6.07) is 17.8. The number of likely N-dealkylation sites (tertiary alicyclic amines) is 1. The van der Waals surface area contributed by atoms with Crippen molar-refractivity contribution >= 4 is 17.5 Å². The van der Waals surface area contributed by atoms with E-state index in [1.165, 1.54) is 10.4 Å². The fraction of sp³-hybridized carbons (Fsp3) is 0.333. The molecule has 1 saturated heterocycles. The predicted molar refractivity (Wildman–Crippen MR) is 108 cm³/mol. The maximum atomic E-state index is 12.6. The number of piperidine rings is 1. The van der Waals surface area contributed by atoms with Gasteiger partial charge in [-0.05, 0) is 48.1 Å². The highest BCUT2D eigenvalue weighted by Gasteiger charge is 2.23. The highest BCUT2D eigenvalue weighted by Crippen LogP contribution is 2.22. The van der Waals surface area contributed by atoms with E-state index in [1.54, 1.807) is 12.1 Å². The number of hydrogen-bond donors (Lipinski definition) is 0. The summed E-state index contributed by atoms with van der Waals surface area (Å²) >= 11 is 6.01. The molecule has 6 nitrogen and oxygen atoms in total. The first-order chi connectivity index (χ1) is 13.7. The number of nitrogens with zero attached hydrogens (tertiary/aromatic N) is 5. The van der Waals surface area contributed by atoms with Crippen LogP contribution in [0.5, 0.6) is 0 Å². The highest BCUT2D eigenvalue weighted by molar-refractivity contribution is 6.30. The van der Waals surface area contributed by atoms with Gasteiger partial charge in [-0.15, -0.1) is 10.2 Å². The summed E-state index contributed by atoms with van der Waals surface area (Å²) in [5.74, 6) is 1.13. The van der Waals surface area contributed by atoms with Gasteiger partial charge >= 0.3 is 0 Å². The van der Waals surface area contributed by atoms with Crippen LogP contribution in [0.4, 0.5) is 0 Å². The SMILES string of the molecule is O=C(Cn1nnc(-c2cccc(Cl)c2)n1)N1CCC(Cc2ccccc2)CC1. The molecule has 0 aliphatic carbocycles. The first kappa shape index (κ1) is 18.6. The quantitative estimate of drug-likeness (QED) is 0.663. The monoisotopic (exact) mass is 395 g/mol. The summed E-state index contributed by atoms with van der Waals surface area (Å²) in [7, 11) is 0. The van der Waals surface area contributed by atoms with Crippen LogP contribution < -0.4 is 0 Å². The zero-order valence-electron chi connectivity index (χ0n) is 15.5. The zero-order chi connectivity index (χ0) is 19.3. The van der Waals surface area contributed by atoms with Crippen molar-refractivity contribution in [1.82, 2.24) is 25.1 Å². The Morgan fingerprint density at radius 2 is 1.86 bits per heavy atom. The molecule has 1 amide bonds. The van der Waals surface area contributed by atoms with Gasteiger partial charge in [0.1, 0.15) is 6.54 Å². The molecule has 4 rings (SSSR count). The second-order valence-electron chi connectivity index (χ2n) is 7.17. The molecule has 0 N–H and O–H groups in total. The molecule has 1 aliphatic heterocycles. The van der Waals surface area contributed by atoms with Crippen molar-refractivity contribution in [2.45, 2.75) is 25.8 Å². The van der Waals surface area contributed by atoms with Gasteiger partial charge in [-0.25, -0.2) is 0 Å². The first-order valence-electron chi connectivity index (χ1n) is 9.53. The van der Waals surface area contributed by atoms with Crippen LogP contribution in [0, 0.1) is 5.92 Å². The van der Waals surface area contributed by atoms with Gasteiger partial charge < -0.3 is 4.90 Å². The molecule has 0 saturated carbocycles. The van der Waals surface area contributed by atoms with Crippen LogP contribution in [-0.4, -0.2) is 44.1 Å². The lowest BCUT2D eigenvalue weighted by atomic mass is 9.90. The molecule has 0 spiro atoms. The molecular weight excluding hydrogens is 374 g/mol. The highest BCUT2D eigenvalue weighted by atomic mass is 35.5. The van der Waals surface area contributed by atoms with E-state index in [4.69, 9.17) is 11.6 Å². The Bertz CT molecular complexity index is 935. The predicted octanol–water partition coefficient (Wildman–Crippen LogP) is 3.47. The zero-order valence-corrected chi connectivity index (χ0v) is 16.3. The van der Waals surface area contributed by atoms with Gasteiger partial charge in [0.2, 0.25) is 11.7 Å². The third kappa shape index (κ3) is 4.57. The van der Waals surface area contributed by atoms with Gasteiger partial charge in [-0.2, -0.15) is 4.80 Å². The molecule has 2 heterocycles. The minimum absolute atomic E-state index is 0.0354. The Hall–Kier alpha value is -2.73. The molecule has 1 aliphatic rings. The fourth-order valence-electron chi connectivity index (χ4n) is 3.61. The van der Waals surface area contributed by atoms with E-state index in [1.807, 2.05) is 23.1 Å². The molecule has 0 atom stereocenters. The van der Waals surface area contributed by atoms with Gasteiger partial charge in [0.25, 0.3) is 0 Å². The molecule has 0 unspecified atom stereocenters. The van der Waals surface area contributed by atoms with Gasteiger partial charge in [-0.3, -0.25) is 4.79 Å². The van der Waals surface area contributed by atoms with Crippen molar-refractivity contribution in [3.05, 3.63) is 65.2 Å². The number of hydrogen-bond acceptors (Lipinski definition) is 4. The van der Waals surface area contributed by atoms with Crippen molar-refractivity contribution in [3.8, 4) is 11.4 Å². The van der Waals surface area contributed by atoms with E-state index in [9.17, 15) is 4.79 Å². The maximum Gasteiger partial charge on any atom is 0.246 e. The van der Waals surface area contributed by atoms with E-state index in [0.29, 0.717) is 16.8 Å². The van der Waals surface area contributed by atoms with Crippen molar-refractivity contribution < 1.29 is 4.79 Å². The smallest absolute Gasteiger partial charge is 0.246 e. The third-order valence-electron chi connectivity index (χ3n) is 5.15. The Labute approximate surface area is 169 Å². The average molecular weight is 396 g/mol. The third-order valence-corrected chi connectivity index (χ3v) is 5.38. The molecule has 0 radical (unpaired) electrons. The Balaban J connectivity index is 1.30. The molecule has 3 aromatic rings. The summed E-state index contributed by atoms with van der Waals surface area (Å²) in [5.41, 5.74) is 2.15. The van der Waals surface area contributed by atoms with Crippen LogP contribution in [0.3, 0.4) is 0 Å². The maximum absolute atomic E-state index is 12.6. The number of carbonyl (C=O) groups excluding carboxylic acids is 1. The number of rotatable bonds is 5. The van der Waals surface area contributed by atoms with Crippen LogP contribution in [0.15, 0.2) is 54.6 Å². The van der Waals surface area contributed by atoms with Crippen molar-refractivity contribution in [2.75, 3.05) is 13.1 Å². The molecule has 144 valence electrons. The Morgan fingerprint density at radius 1 is 1.07 bits per heavy atom. The summed E-state index contributed by atoms with van der Waals surface area (Å²) in [4.78, 5) is 15.9. The van der Waals surface area contributed by atoms with Crippen LogP contribution in [-0.2, 0) is 17.8 Å². The van der Waals surface area contributed by atoms with Gasteiger partial charge in [0.15, 0.2) is 0 Å². The van der Waals surface area contributed by atoms with Crippen molar-refractivity contribution in [3.63, 3.8) is 0 Å². The van der Waals surface area contributed by atoms with Crippen molar-refractivity contribution in [1.29, 1.82) is 0 Å². The lowest BCUT2D eigenvalue weighted by Gasteiger charge is -2.32. The second kappa shape index (κ2) is 8.52. The summed E-state index contributed by atoms with van der Waals surface area (Å²) in [6.07, 6.45) is 3.13. The molecule has 7 heteroatoms. The molecule has 1 aromatic heterocycles. The standard InChI is InChI=1S/C21H22ClN5O/c22-19-8-4-7-18(14-19)21-23-25-27(24-21)15-20(28)26-11-9-17(10-12-26)13-16-5-2-1-3-6-16/h1-8,14,17H,9-13,15H2. The summed E-state index contributed by atoms with van der Waals surface area (Å²) in [6.45, 7) is 1.68. The number of carbonyl (C=O) groups is 1. The second-order valence-corrected chi connectivity index (χ2v) is 7.60. The van der Waals surface area contributed by atoms with Crippen LogP contribution in [0.2, 0.25) is 5.02 Å². The first-order valence-corrected chi connectivity index (χ1v) is 9.90. The topological polar surface area (TPSA) is 63.9 Å². The number of tetrazole rings is 1. The van der Waals surface area contributed by atoms with E-state index in [2.05, 4.69) is 39.7 Å². The van der Waals surface area contributed by atoms with Crippen LogP contribution in [0.1, 0.15) is 18.4 Å². The molecule has 0 bridgehead atoms. The van der Waals surface area contributed by atoms with Crippen LogP contribution in [0.25, 0.3) is 11.4 Å². The number of halogens is 1. The molecule has 2 aromatic carbocycles. The van der Waals surface area contributed by atoms with E-state index in [0.717, 1.165) is 37.9 Å². The average Bonchev–Trinajstić information content (AvgIpc) is 3.18. The van der Waals surface area contributed by atoms with Gasteiger partial charge in [0, 0.05) is 23.7 Å². The summed E-state index contributed by atoms with van der Waals surface area (Å²) in [5, 5.41) is 13.0. The van der Waals surface area contributed by atoms with E-state index in [-0.39, 0.29) is 12.5 Å². The lowest BCUT2D eigenvalue weighted by molar-refractivity contribution is -0.133. The number of aromatic nitrogens is 4. The van der Waals surface area contributed by atoms with Gasteiger partial charge in [0.05, 0.1) is 0 Å². The number of amides is 1. The minimum atomic E-state index is 0.0354. The van der Waals surface area contributed by atoms with E-state index < -0.39 is 0 Å². The molecular formula is C21H22ClN5O. The van der Waals surface area contributed by atoms with E-state index >= 15 is 0 Å². The lowest BCUT2D eigenvalue weighted by Crippen LogP contribution is -2.40. The largest absolute Gasteiger partial charge is 0.341 e. The minimum Gasteiger partial charge on any atom is -0.341 e. The summed E-state index contributed by atoms with van der Waals surface area (Å²) < 4.78 is 0. The fourth-order valence-corrected chi connectivity index (χ4v) is 3.80. The van der Waals surface area contributed by atoms with Crippen LogP contribution >= 0.6 is 11.6 Å². The normalized spacial score (nSPS) is 15.0. The molecule has 1 fully saturated rings. The van der Waals surface area contributed by atoms with Crippen molar-refractivity contribution in [2.24, 2.45) is 5.92 Å². The molecule has 28 heavy (non-hydrogen) atoms. The number of benzene rings is 2. The Kier molecular flexibility index (Phi) is 5.67. The van der Waals surface area contributed by atoms with Gasteiger partial charge in [-0.1, -0.05) is 54.1 Å².